The monoisotopic (exact) mass is 414 g/mol. The Balaban J connectivity index is 1.89. The van der Waals surface area contributed by atoms with Crippen LogP contribution in [0, 0.1) is 0 Å². The van der Waals surface area contributed by atoms with Gasteiger partial charge in [0.15, 0.2) is 0 Å². The van der Waals surface area contributed by atoms with E-state index in [9.17, 15) is 4.79 Å². The van der Waals surface area contributed by atoms with Crippen molar-refractivity contribution in [3.8, 4) is 0 Å². The second kappa shape index (κ2) is 16.2. The van der Waals surface area contributed by atoms with E-state index in [-0.39, 0.29) is 0 Å². The summed E-state index contributed by atoms with van der Waals surface area (Å²) in [5.41, 5.74) is 0.342. The van der Waals surface area contributed by atoms with E-state index in [1.807, 2.05) is 0 Å². The fraction of sp³-hybridized carbons (Fsp3) is 0.696. The first kappa shape index (κ1) is 24.3. The fourth-order valence-electron chi connectivity index (χ4n) is 3.19. The molecule has 0 bridgehead atoms. The zero-order valence-corrected chi connectivity index (χ0v) is 18.4. The minimum absolute atomic E-state index is 0.342. The molecule has 0 heterocycles. The molecule has 0 unspecified atom stereocenters. The molecule has 0 spiro atoms. The number of halogens is 2. The predicted molar refractivity (Wildman–Crippen MR) is 117 cm³/mol. The van der Waals surface area contributed by atoms with Crippen LogP contribution in [-0.2, 0) is 4.74 Å². The summed E-state index contributed by atoms with van der Waals surface area (Å²) in [5.74, 6) is -0.391. The van der Waals surface area contributed by atoms with Crippen LogP contribution in [0.2, 0.25) is 10.0 Å². The summed E-state index contributed by atoms with van der Waals surface area (Å²) in [5, 5.41) is 0.869. The normalized spacial score (nSPS) is 10.9. The summed E-state index contributed by atoms with van der Waals surface area (Å²) >= 11 is 11.9. The number of carbonyl (C=O) groups excluding carboxylic acids is 1. The molecule has 1 aromatic rings. The van der Waals surface area contributed by atoms with E-state index < -0.39 is 5.97 Å². The van der Waals surface area contributed by atoms with Gasteiger partial charge in [-0.05, 0) is 24.6 Å². The first-order chi connectivity index (χ1) is 13.1. The quantitative estimate of drug-likeness (QED) is 0.199. The van der Waals surface area contributed by atoms with Gasteiger partial charge in [-0.15, -0.1) is 0 Å². The molecule has 0 saturated carbocycles. The maximum absolute atomic E-state index is 12.0. The fourth-order valence-corrected chi connectivity index (χ4v) is 3.56. The zero-order valence-electron chi connectivity index (χ0n) is 16.9. The summed E-state index contributed by atoms with van der Waals surface area (Å²) in [4.78, 5) is 12.0. The van der Waals surface area contributed by atoms with Crippen LogP contribution in [0.1, 0.15) is 107 Å². The molecule has 27 heavy (non-hydrogen) atoms. The lowest BCUT2D eigenvalue weighted by Crippen LogP contribution is -2.07. The third-order valence-corrected chi connectivity index (χ3v) is 5.44. The highest BCUT2D eigenvalue weighted by molar-refractivity contribution is 6.35. The number of ether oxygens (including phenoxy) is 1. The highest BCUT2D eigenvalue weighted by Gasteiger charge is 2.12. The van der Waals surface area contributed by atoms with Crippen LogP contribution < -0.4 is 0 Å². The molecule has 0 radical (unpaired) electrons. The second-order valence-electron chi connectivity index (χ2n) is 7.36. The number of hydrogen-bond donors (Lipinski definition) is 0. The Morgan fingerprint density at radius 1 is 0.778 bits per heavy atom. The summed E-state index contributed by atoms with van der Waals surface area (Å²) in [7, 11) is 0. The molecule has 0 aliphatic rings. The van der Waals surface area contributed by atoms with Crippen molar-refractivity contribution in [2.75, 3.05) is 6.61 Å². The van der Waals surface area contributed by atoms with Gasteiger partial charge in [-0.2, -0.15) is 0 Å². The smallest absolute Gasteiger partial charge is 0.339 e. The van der Waals surface area contributed by atoms with Gasteiger partial charge in [-0.1, -0.05) is 114 Å². The molecular formula is C23H36Cl2O2. The summed E-state index contributed by atoms with van der Waals surface area (Å²) in [6.07, 6.45) is 18.4. The molecule has 0 aliphatic carbocycles. The Labute approximate surface area is 176 Å². The van der Waals surface area contributed by atoms with Crippen LogP contribution >= 0.6 is 23.2 Å². The minimum atomic E-state index is -0.391. The van der Waals surface area contributed by atoms with Crippen molar-refractivity contribution in [2.45, 2.75) is 96.8 Å². The first-order valence-corrected chi connectivity index (χ1v) is 11.5. The van der Waals surface area contributed by atoms with Gasteiger partial charge in [0, 0.05) is 5.02 Å². The molecule has 1 rings (SSSR count). The van der Waals surface area contributed by atoms with Crippen LogP contribution in [0.15, 0.2) is 18.2 Å². The van der Waals surface area contributed by atoms with Crippen molar-refractivity contribution in [2.24, 2.45) is 0 Å². The number of hydrogen-bond acceptors (Lipinski definition) is 2. The Hall–Kier alpha value is -0.730. The molecule has 1 aromatic carbocycles. The summed E-state index contributed by atoms with van der Waals surface area (Å²) < 4.78 is 5.29. The Kier molecular flexibility index (Phi) is 14.6. The maximum Gasteiger partial charge on any atom is 0.339 e. The van der Waals surface area contributed by atoms with E-state index in [0.717, 1.165) is 12.8 Å². The van der Waals surface area contributed by atoms with Gasteiger partial charge in [-0.3, -0.25) is 0 Å². The van der Waals surface area contributed by atoms with Crippen LogP contribution in [0.5, 0.6) is 0 Å². The molecule has 2 nitrogen and oxygen atoms in total. The Morgan fingerprint density at radius 3 is 1.78 bits per heavy atom. The molecule has 0 saturated heterocycles. The number of esters is 1. The van der Waals surface area contributed by atoms with E-state index in [4.69, 9.17) is 27.9 Å². The zero-order chi connectivity index (χ0) is 19.7. The Bertz CT molecular complexity index is 517. The molecule has 0 amide bonds. The van der Waals surface area contributed by atoms with E-state index in [1.54, 1.807) is 18.2 Å². The SMILES string of the molecule is CCCCCCCCCCCCCCCCOC(=O)c1cc(Cl)ccc1Cl. The molecule has 0 aromatic heterocycles. The van der Waals surface area contributed by atoms with E-state index in [2.05, 4.69) is 6.92 Å². The van der Waals surface area contributed by atoms with E-state index in [1.165, 1.54) is 77.0 Å². The van der Waals surface area contributed by atoms with Crippen molar-refractivity contribution in [3.05, 3.63) is 33.8 Å². The van der Waals surface area contributed by atoms with Gasteiger partial charge in [0.05, 0.1) is 17.2 Å². The van der Waals surface area contributed by atoms with Crippen molar-refractivity contribution in [1.82, 2.24) is 0 Å². The summed E-state index contributed by atoms with van der Waals surface area (Å²) in [6.45, 7) is 2.71. The van der Waals surface area contributed by atoms with Crippen LogP contribution in [0.4, 0.5) is 0 Å². The van der Waals surface area contributed by atoms with Gasteiger partial charge in [0.2, 0.25) is 0 Å². The highest BCUT2D eigenvalue weighted by Crippen LogP contribution is 2.21. The van der Waals surface area contributed by atoms with Crippen LogP contribution in [0.25, 0.3) is 0 Å². The van der Waals surface area contributed by atoms with Gasteiger partial charge < -0.3 is 4.74 Å². The standard InChI is InChI=1S/C23H36Cl2O2/c1-2-3-4-5-6-7-8-9-10-11-12-13-14-15-18-27-23(26)21-19-20(24)16-17-22(21)25/h16-17,19H,2-15,18H2,1H3. The highest BCUT2D eigenvalue weighted by atomic mass is 35.5. The number of unbranched alkanes of at least 4 members (excludes halogenated alkanes) is 13. The summed E-state index contributed by atoms with van der Waals surface area (Å²) in [6, 6.07) is 4.83. The largest absolute Gasteiger partial charge is 0.462 e. The van der Waals surface area contributed by atoms with Crippen LogP contribution in [-0.4, -0.2) is 12.6 Å². The molecule has 4 heteroatoms. The number of carbonyl (C=O) groups is 1. The second-order valence-corrected chi connectivity index (χ2v) is 8.20. The maximum atomic E-state index is 12.0. The van der Waals surface area contributed by atoms with Crippen LogP contribution in [0.3, 0.4) is 0 Å². The van der Waals surface area contributed by atoms with Crippen molar-refractivity contribution < 1.29 is 9.53 Å². The molecule has 0 fully saturated rings. The number of benzene rings is 1. The third kappa shape index (κ3) is 12.4. The lowest BCUT2D eigenvalue weighted by Gasteiger charge is -2.07. The van der Waals surface area contributed by atoms with Gasteiger partial charge in [0.25, 0.3) is 0 Å². The van der Waals surface area contributed by atoms with E-state index >= 15 is 0 Å². The van der Waals surface area contributed by atoms with Crippen molar-refractivity contribution in [1.29, 1.82) is 0 Å². The average molecular weight is 415 g/mol. The minimum Gasteiger partial charge on any atom is -0.462 e. The molecule has 0 aliphatic heterocycles. The average Bonchev–Trinajstić information content (AvgIpc) is 2.66. The van der Waals surface area contributed by atoms with Gasteiger partial charge in [0.1, 0.15) is 0 Å². The topological polar surface area (TPSA) is 26.3 Å². The molecule has 0 atom stereocenters. The van der Waals surface area contributed by atoms with Gasteiger partial charge >= 0.3 is 5.97 Å². The van der Waals surface area contributed by atoms with E-state index in [0.29, 0.717) is 22.2 Å². The molecule has 154 valence electrons. The van der Waals surface area contributed by atoms with Crippen molar-refractivity contribution >= 4 is 29.2 Å². The van der Waals surface area contributed by atoms with Gasteiger partial charge in [-0.25, -0.2) is 4.79 Å². The predicted octanol–water partition coefficient (Wildman–Crippen LogP) is 8.63. The third-order valence-electron chi connectivity index (χ3n) is 4.88. The molecular weight excluding hydrogens is 379 g/mol. The lowest BCUT2D eigenvalue weighted by molar-refractivity contribution is 0.0498. The molecule has 0 N–H and O–H groups in total. The Morgan fingerprint density at radius 2 is 1.26 bits per heavy atom. The first-order valence-electron chi connectivity index (χ1n) is 10.8. The number of rotatable bonds is 16. The lowest BCUT2D eigenvalue weighted by atomic mass is 10.0. The van der Waals surface area contributed by atoms with Crippen molar-refractivity contribution in [3.63, 3.8) is 0 Å².